The Morgan fingerprint density at radius 2 is 1.84 bits per heavy atom. The Morgan fingerprint density at radius 3 is 2.36 bits per heavy atom. The van der Waals surface area contributed by atoms with Gasteiger partial charge in [-0.3, -0.25) is 4.79 Å². The Bertz CT molecular complexity index is 648. The molecule has 0 saturated heterocycles. The zero-order valence-electron chi connectivity index (χ0n) is 15.0. The number of amides is 1. The van der Waals surface area contributed by atoms with E-state index in [-0.39, 0.29) is 11.8 Å². The van der Waals surface area contributed by atoms with Crippen LogP contribution in [0.5, 0.6) is 0 Å². The van der Waals surface area contributed by atoms with Crippen LogP contribution in [0.4, 0.5) is 10.1 Å². The molecule has 0 aliphatic carbocycles. The van der Waals surface area contributed by atoms with Crippen LogP contribution < -0.4 is 9.62 Å². The summed E-state index contributed by atoms with van der Waals surface area (Å²) in [5, 5.41) is 2.66. The van der Waals surface area contributed by atoms with Gasteiger partial charge >= 0.3 is 10.2 Å². The van der Waals surface area contributed by atoms with Gasteiger partial charge in [-0.1, -0.05) is 0 Å². The predicted octanol–water partition coefficient (Wildman–Crippen LogP) is 1.37. The van der Waals surface area contributed by atoms with E-state index < -0.39 is 28.5 Å². The van der Waals surface area contributed by atoms with E-state index in [1.165, 1.54) is 26.2 Å². The van der Waals surface area contributed by atoms with Gasteiger partial charge in [-0.25, -0.2) is 8.70 Å². The SMILES string of the molecule is CC(C)OCCCNC(=O)CN(c1ccc(F)cc1)S(=O)(=O)N(C)C. The second-order valence-corrected chi connectivity index (χ2v) is 7.96. The molecule has 0 aliphatic rings. The Morgan fingerprint density at radius 1 is 1.24 bits per heavy atom. The second-order valence-electron chi connectivity index (χ2n) is 5.90. The molecule has 9 heteroatoms. The number of carbonyl (C=O) groups is 1. The molecule has 0 heterocycles. The number of halogens is 1. The van der Waals surface area contributed by atoms with Crippen LogP contribution in [0.2, 0.25) is 0 Å². The number of carbonyl (C=O) groups excluding carboxylic acids is 1. The van der Waals surface area contributed by atoms with Crippen LogP contribution >= 0.6 is 0 Å². The minimum Gasteiger partial charge on any atom is -0.379 e. The highest BCUT2D eigenvalue weighted by atomic mass is 32.2. The Balaban J connectivity index is 2.74. The molecule has 0 spiro atoms. The highest BCUT2D eigenvalue weighted by Gasteiger charge is 2.27. The number of nitrogens with zero attached hydrogens (tertiary/aromatic N) is 2. The van der Waals surface area contributed by atoms with E-state index in [1.807, 2.05) is 13.8 Å². The first-order valence-electron chi connectivity index (χ1n) is 7.98. The van der Waals surface area contributed by atoms with Gasteiger partial charge in [-0.05, 0) is 44.5 Å². The number of ether oxygens (including phenoxy) is 1. The van der Waals surface area contributed by atoms with Gasteiger partial charge in [0.2, 0.25) is 5.91 Å². The summed E-state index contributed by atoms with van der Waals surface area (Å²) in [5.74, 6) is -0.931. The molecule has 0 unspecified atom stereocenters. The highest BCUT2D eigenvalue weighted by molar-refractivity contribution is 7.90. The number of anilines is 1. The molecular weight excluding hydrogens is 349 g/mol. The molecule has 0 radical (unpaired) electrons. The van der Waals surface area contributed by atoms with E-state index in [4.69, 9.17) is 4.74 Å². The monoisotopic (exact) mass is 375 g/mol. The lowest BCUT2D eigenvalue weighted by atomic mass is 10.3. The van der Waals surface area contributed by atoms with Crippen LogP contribution in [0.3, 0.4) is 0 Å². The van der Waals surface area contributed by atoms with Crippen molar-refractivity contribution in [2.45, 2.75) is 26.4 Å². The summed E-state index contributed by atoms with van der Waals surface area (Å²) in [6.07, 6.45) is 0.746. The molecule has 1 aromatic carbocycles. The van der Waals surface area contributed by atoms with Gasteiger partial charge in [-0.15, -0.1) is 0 Å². The third kappa shape index (κ3) is 6.97. The molecular formula is C16H26FN3O4S. The summed E-state index contributed by atoms with van der Waals surface area (Å²) >= 11 is 0. The van der Waals surface area contributed by atoms with Crippen molar-refractivity contribution in [1.29, 1.82) is 0 Å². The van der Waals surface area contributed by atoms with Crippen molar-refractivity contribution in [3.63, 3.8) is 0 Å². The van der Waals surface area contributed by atoms with Crippen molar-refractivity contribution in [1.82, 2.24) is 9.62 Å². The third-order valence-electron chi connectivity index (χ3n) is 3.24. The zero-order chi connectivity index (χ0) is 19.0. The molecule has 0 aromatic heterocycles. The van der Waals surface area contributed by atoms with Crippen LogP contribution in [-0.2, 0) is 19.7 Å². The minimum absolute atomic E-state index is 0.120. The van der Waals surface area contributed by atoms with E-state index >= 15 is 0 Å². The zero-order valence-corrected chi connectivity index (χ0v) is 15.8. The molecule has 1 rings (SSSR count). The van der Waals surface area contributed by atoms with Gasteiger partial charge in [0.15, 0.2) is 0 Å². The molecule has 7 nitrogen and oxygen atoms in total. The molecule has 1 aromatic rings. The summed E-state index contributed by atoms with van der Waals surface area (Å²) in [4.78, 5) is 12.1. The number of hydrogen-bond donors (Lipinski definition) is 1. The molecule has 142 valence electrons. The lowest BCUT2D eigenvalue weighted by Gasteiger charge is -2.26. The Kier molecular flexibility index (Phi) is 8.27. The maximum Gasteiger partial charge on any atom is 0.304 e. The van der Waals surface area contributed by atoms with Gasteiger partial charge in [0.1, 0.15) is 12.4 Å². The predicted molar refractivity (Wildman–Crippen MR) is 95.1 cm³/mol. The van der Waals surface area contributed by atoms with Gasteiger partial charge in [0, 0.05) is 27.2 Å². The van der Waals surface area contributed by atoms with Crippen molar-refractivity contribution >= 4 is 21.8 Å². The first kappa shape index (κ1) is 21.3. The van der Waals surface area contributed by atoms with E-state index in [0.29, 0.717) is 19.6 Å². The van der Waals surface area contributed by atoms with Crippen molar-refractivity contribution in [3.05, 3.63) is 30.1 Å². The first-order chi connectivity index (χ1) is 11.6. The summed E-state index contributed by atoms with van der Waals surface area (Å²) < 4.78 is 45.3. The van der Waals surface area contributed by atoms with Crippen molar-refractivity contribution in [2.24, 2.45) is 0 Å². The molecule has 0 saturated carbocycles. The highest BCUT2D eigenvalue weighted by Crippen LogP contribution is 2.19. The molecule has 0 bridgehead atoms. The van der Waals surface area contributed by atoms with Gasteiger partial charge < -0.3 is 10.1 Å². The fourth-order valence-electron chi connectivity index (χ4n) is 1.92. The second kappa shape index (κ2) is 9.69. The smallest absolute Gasteiger partial charge is 0.304 e. The van der Waals surface area contributed by atoms with Crippen LogP contribution in [-0.4, -0.2) is 58.5 Å². The maximum absolute atomic E-state index is 13.1. The summed E-state index contributed by atoms with van der Waals surface area (Å²) in [7, 11) is -1.15. The third-order valence-corrected chi connectivity index (χ3v) is 5.06. The van der Waals surface area contributed by atoms with Crippen molar-refractivity contribution in [2.75, 3.05) is 38.1 Å². The number of rotatable bonds is 10. The largest absolute Gasteiger partial charge is 0.379 e. The lowest BCUT2D eigenvalue weighted by Crippen LogP contribution is -2.46. The topological polar surface area (TPSA) is 79.0 Å². The fraction of sp³-hybridized carbons (Fsp3) is 0.562. The van der Waals surface area contributed by atoms with Gasteiger partial charge in [0.05, 0.1) is 11.8 Å². The van der Waals surface area contributed by atoms with Crippen molar-refractivity contribution < 1.29 is 22.3 Å². The average molecular weight is 375 g/mol. The molecule has 1 N–H and O–H groups in total. The fourth-order valence-corrected chi connectivity index (χ4v) is 2.98. The standard InChI is InChI=1S/C16H26FN3O4S/c1-13(2)24-11-5-10-18-16(21)12-20(25(22,23)19(3)4)15-8-6-14(17)7-9-15/h6-9,13H,5,10-12H2,1-4H3,(H,18,21). The maximum atomic E-state index is 13.1. The molecule has 0 atom stereocenters. The van der Waals surface area contributed by atoms with E-state index in [1.54, 1.807) is 0 Å². The molecule has 0 fully saturated rings. The van der Waals surface area contributed by atoms with Crippen LogP contribution in [0.15, 0.2) is 24.3 Å². The first-order valence-corrected chi connectivity index (χ1v) is 9.38. The number of nitrogens with one attached hydrogen (secondary N) is 1. The van der Waals surface area contributed by atoms with Crippen LogP contribution in [0.25, 0.3) is 0 Å². The minimum atomic E-state index is -3.89. The summed E-state index contributed by atoms with van der Waals surface area (Å²) in [6.45, 7) is 4.34. The molecule has 1 amide bonds. The van der Waals surface area contributed by atoms with Crippen LogP contribution in [0, 0.1) is 5.82 Å². The molecule has 25 heavy (non-hydrogen) atoms. The van der Waals surface area contributed by atoms with Gasteiger partial charge in [-0.2, -0.15) is 12.7 Å². The Hall–Kier alpha value is -1.71. The van der Waals surface area contributed by atoms with E-state index in [0.717, 1.165) is 20.7 Å². The number of hydrogen-bond acceptors (Lipinski definition) is 4. The molecule has 0 aliphatic heterocycles. The quantitative estimate of drug-likeness (QED) is 0.627. The lowest BCUT2D eigenvalue weighted by molar-refractivity contribution is -0.119. The summed E-state index contributed by atoms with van der Waals surface area (Å²) in [6, 6.07) is 4.93. The average Bonchev–Trinajstić information content (AvgIpc) is 2.52. The van der Waals surface area contributed by atoms with Gasteiger partial charge in [0.25, 0.3) is 0 Å². The summed E-state index contributed by atoms with van der Waals surface area (Å²) in [5.41, 5.74) is 0.216. The normalized spacial score (nSPS) is 11.8. The van der Waals surface area contributed by atoms with Crippen molar-refractivity contribution in [3.8, 4) is 0 Å². The number of benzene rings is 1. The van der Waals surface area contributed by atoms with E-state index in [9.17, 15) is 17.6 Å². The van der Waals surface area contributed by atoms with Crippen LogP contribution in [0.1, 0.15) is 20.3 Å². The Labute approximate surface area is 148 Å². The van der Waals surface area contributed by atoms with E-state index in [2.05, 4.69) is 5.32 Å².